The maximum absolute atomic E-state index is 12.5. The van der Waals surface area contributed by atoms with Gasteiger partial charge >= 0.3 is 0 Å². The van der Waals surface area contributed by atoms with E-state index < -0.39 is 10.0 Å². The summed E-state index contributed by atoms with van der Waals surface area (Å²) >= 11 is 4.80. The molecule has 136 valence electrons. The van der Waals surface area contributed by atoms with Crippen molar-refractivity contribution < 1.29 is 13.2 Å². The molecule has 0 aliphatic rings. The van der Waals surface area contributed by atoms with Gasteiger partial charge in [0.25, 0.3) is 5.91 Å². The Morgan fingerprint density at radius 3 is 2.48 bits per heavy atom. The van der Waals surface area contributed by atoms with Crippen molar-refractivity contribution in [3.05, 3.63) is 56.2 Å². The Morgan fingerprint density at radius 2 is 1.88 bits per heavy atom. The maximum Gasteiger partial charge on any atom is 0.261 e. The lowest BCUT2D eigenvalue weighted by molar-refractivity contribution is 0.0939. The monoisotopic (exact) mass is 444 g/mol. The molecule has 2 rings (SSSR count). The molecule has 0 radical (unpaired) electrons. The number of carbonyl (C=O) groups excluding carboxylic acids is 1. The zero-order valence-electron chi connectivity index (χ0n) is 14.1. The average Bonchev–Trinajstić information content (AvgIpc) is 3.01. The molecule has 0 saturated heterocycles. The van der Waals surface area contributed by atoms with Gasteiger partial charge in [0.15, 0.2) is 0 Å². The molecule has 1 unspecified atom stereocenters. The molecular weight excluding hydrogens is 424 g/mol. The number of nitrogens with one attached hydrogen (secondary N) is 2. The van der Waals surface area contributed by atoms with Crippen LogP contribution in [0.5, 0.6) is 0 Å². The highest BCUT2D eigenvalue weighted by Crippen LogP contribution is 2.22. The summed E-state index contributed by atoms with van der Waals surface area (Å²) in [6.07, 6.45) is 2.49. The van der Waals surface area contributed by atoms with Crippen molar-refractivity contribution in [1.82, 2.24) is 10.0 Å². The van der Waals surface area contributed by atoms with Crippen molar-refractivity contribution in [3.8, 4) is 0 Å². The lowest BCUT2D eigenvalue weighted by Gasteiger charge is -2.17. The van der Waals surface area contributed by atoms with Gasteiger partial charge in [-0.25, -0.2) is 13.1 Å². The van der Waals surface area contributed by atoms with Crippen molar-refractivity contribution in [2.45, 2.75) is 25.8 Å². The molecule has 25 heavy (non-hydrogen) atoms. The Hall–Kier alpha value is -1.22. The van der Waals surface area contributed by atoms with E-state index in [-0.39, 0.29) is 11.9 Å². The van der Waals surface area contributed by atoms with Crippen LogP contribution < -0.4 is 10.0 Å². The van der Waals surface area contributed by atoms with Crippen LogP contribution in [0.3, 0.4) is 0 Å². The summed E-state index contributed by atoms with van der Waals surface area (Å²) in [7, 11) is -3.18. The minimum absolute atomic E-state index is 0.0435. The van der Waals surface area contributed by atoms with E-state index in [1.54, 1.807) is 6.07 Å². The van der Waals surface area contributed by atoms with E-state index in [2.05, 4.69) is 26.0 Å². The molecule has 0 aliphatic heterocycles. The molecule has 1 heterocycles. The molecule has 0 spiro atoms. The summed E-state index contributed by atoms with van der Waals surface area (Å²) in [5.74, 6) is -0.109. The Kier molecular flexibility index (Phi) is 7.18. The van der Waals surface area contributed by atoms with Gasteiger partial charge in [0.2, 0.25) is 10.0 Å². The number of carbonyl (C=O) groups is 1. The molecule has 2 N–H and O–H groups in total. The van der Waals surface area contributed by atoms with Gasteiger partial charge in [-0.15, -0.1) is 11.3 Å². The van der Waals surface area contributed by atoms with E-state index in [0.29, 0.717) is 17.8 Å². The second-order valence-electron chi connectivity index (χ2n) is 5.67. The number of benzene rings is 1. The van der Waals surface area contributed by atoms with Crippen molar-refractivity contribution >= 4 is 43.2 Å². The second-order valence-corrected chi connectivity index (χ2v) is 9.59. The smallest absolute Gasteiger partial charge is 0.261 e. The van der Waals surface area contributed by atoms with E-state index in [1.807, 2.05) is 37.3 Å². The van der Waals surface area contributed by atoms with E-state index in [0.717, 1.165) is 27.6 Å². The van der Waals surface area contributed by atoms with Gasteiger partial charge in [-0.3, -0.25) is 4.79 Å². The number of hydrogen-bond acceptors (Lipinski definition) is 4. The summed E-state index contributed by atoms with van der Waals surface area (Å²) in [6.45, 7) is 2.36. The summed E-state index contributed by atoms with van der Waals surface area (Å²) in [4.78, 5) is 14.1. The van der Waals surface area contributed by atoms with E-state index in [4.69, 9.17) is 0 Å². The van der Waals surface area contributed by atoms with Crippen LogP contribution >= 0.6 is 27.3 Å². The Balaban J connectivity index is 1.97. The highest BCUT2D eigenvalue weighted by Gasteiger charge is 2.16. The fraction of sp³-hybridized carbons (Fsp3) is 0.353. The molecule has 0 saturated carbocycles. The predicted octanol–water partition coefficient (Wildman–Crippen LogP) is 3.48. The maximum atomic E-state index is 12.5. The largest absolute Gasteiger partial charge is 0.345 e. The molecule has 1 aromatic carbocycles. The van der Waals surface area contributed by atoms with Crippen molar-refractivity contribution in [3.63, 3.8) is 0 Å². The van der Waals surface area contributed by atoms with Gasteiger partial charge in [-0.2, -0.15) is 0 Å². The summed E-state index contributed by atoms with van der Waals surface area (Å²) in [6, 6.07) is 11.5. The first-order chi connectivity index (χ1) is 11.8. The first-order valence-electron chi connectivity index (χ1n) is 7.88. The average molecular weight is 445 g/mol. The fourth-order valence-corrected chi connectivity index (χ4v) is 3.99. The van der Waals surface area contributed by atoms with Crippen LogP contribution in [0.15, 0.2) is 40.9 Å². The zero-order chi connectivity index (χ0) is 18.4. The predicted molar refractivity (Wildman–Crippen MR) is 106 cm³/mol. The van der Waals surface area contributed by atoms with Crippen LogP contribution in [0.4, 0.5) is 0 Å². The minimum Gasteiger partial charge on any atom is -0.345 e. The lowest BCUT2D eigenvalue weighted by atomic mass is 10.0. The molecule has 2 aromatic rings. The quantitative estimate of drug-likeness (QED) is 0.653. The van der Waals surface area contributed by atoms with Gasteiger partial charge < -0.3 is 5.32 Å². The standard InChI is InChI=1S/C17H21BrN2O3S2/c1-3-15(12-4-6-13(18)7-5-12)20-17(21)16-9-8-14(24-16)10-11-19-25(2,22)23/h4-9,15,19H,3,10-11H2,1-2H3,(H,20,21). The van der Waals surface area contributed by atoms with Gasteiger partial charge in [0, 0.05) is 15.9 Å². The highest BCUT2D eigenvalue weighted by molar-refractivity contribution is 9.10. The summed E-state index contributed by atoms with van der Waals surface area (Å²) in [5.41, 5.74) is 1.06. The number of thiophene rings is 1. The number of sulfonamides is 1. The van der Waals surface area contributed by atoms with E-state index >= 15 is 0 Å². The molecule has 0 fully saturated rings. The molecule has 0 bridgehead atoms. The normalized spacial score (nSPS) is 12.8. The third-order valence-corrected chi connectivity index (χ3v) is 6.01. The summed E-state index contributed by atoms with van der Waals surface area (Å²) < 4.78 is 25.6. The van der Waals surface area contributed by atoms with E-state index in [9.17, 15) is 13.2 Å². The molecule has 0 aliphatic carbocycles. The second kappa shape index (κ2) is 8.93. The number of hydrogen-bond donors (Lipinski definition) is 2. The van der Waals surface area contributed by atoms with Crippen LogP contribution in [0, 0.1) is 0 Å². The summed E-state index contributed by atoms with van der Waals surface area (Å²) in [5, 5.41) is 3.06. The molecule has 8 heteroatoms. The number of amides is 1. The van der Waals surface area contributed by atoms with Crippen LogP contribution in [0.2, 0.25) is 0 Å². The molecule has 1 amide bonds. The van der Waals surface area contributed by atoms with Gasteiger partial charge in [-0.1, -0.05) is 35.0 Å². The van der Waals surface area contributed by atoms with Crippen molar-refractivity contribution in [1.29, 1.82) is 0 Å². The molecule has 5 nitrogen and oxygen atoms in total. The number of rotatable bonds is 8. The molecule has 1 atom stereocenters. The topological polar surface area (TPSA) is 75.3 Å². The van der Waals surface area contributed by atoms with Gasteiger partial charge in [-0.05, 0) is 42.7 Å². The lowest BCUT2D eigenvalue weighted by Crippen LogP contribution is -2.27. The van der Waals surface area contributed by atoms with Gasteiger partial charge in [0.05, 0.1) is 17.2 Å². The third-order valence-electron chi connectivity index (χ3n) is 3.61. The Morgan fingerprint density at radius 1 is 1.20 bits per heavy atom. The minimum atomic E-state index is -3.18. The van der Waals surface area contributed by atoms with Crippen LogP contribution in [0.25, 0.3) is 0 Å². The molecule has 1 aromatic heterocycles. The first-order valence-corrected chi connectivity index (χ1v) is 11.4. The zero-order valence-corrected chi connectivity index (χ0v) is 17.3. The SMILES string of the molecule is CCC(NC(=O)c1ccc(CCNS(C)(=O)=O)s1)c1ccc(Br)cc1. The van der Waals surface area contributed by atoms with E-state index in [1.165, 1.54) is 11.3 Å². The molecular formula is C17H21BrN2O3S2. The van der Waals surface area contributed by atoms with Crippen molar-refractivity contribution in [2.75, 3.05) is 12.8 Å². The highest BCUT2D eigenvalue weighted by atomic mass is 79.9. The Labute approximate surface area is 161 Å². The fourth-order valence-electron chi connectivity index (χ4n) is 2.34. The van der Waals surface area contributed by atoms with Crippen LogP contribution in [-0.2, 0) is 16.4 Å². The first kappa shape index (κ1) is 20.1. The van der Waals surface area contributed by atoms with Crippen LogP contribution in [-0.4, -0.2) is 27.1 Å². The number of halogens is 1. The van der Waals surface area contributed by atoms with Crippen LogP contribution in [0.1, 0.15) is 39.5 Å². The Bertz CT molecular complexity index is 817. The van der Waals surface area contributed by atoms with Gasteiger partial charge in [0.1, 0.15) is 0 Å². The third kappa shape index (κ3) is 6.54. The van der Waals surface area contributed by atoms with Crippen molar-refractivity contribution in [2.24, 2.45) is 0 Å².